The maximum atomic E-state index is 12.5. The van der Waals surface area contributed by atoms with Crippen LogP contribution < -0.4 is 14.8 Å². The fourth-order valence-corrected chi connectivity index (χ4v) is 3.46. The number of carbonyl (C=O) groups excluding carboxylic acids is 2. The minimum absolute atomic E-state index is 0.133. The lowest BCUT2D eigenvalue weighted by Crippen LogP contribution is -2.32. The zero-order valence-corrected chi connectivity index (χ0v) is 16.2. The van der Waals surface area contributed by atoms with Crippen LogP contribution in [0.2, 0.25) is 0 Å². The summed E-state index contributed by atoms with van der Waals surface area (Å²) in [5.41, 5.74) is 0. The molecule has 1 N–H and O–H groups in total. The zero-order valence-electron chi connectivity index (χ0n) is 14.6. The Labute approximate surface area is 159 Å². The fourth-order valence-electron chi connectivity index (χ4n) is 1.88. The van der Waals surface area contributed by atoms with Crippen molar-refractivity contribution >= 4 is 40.1 Å². The molecular weight excluding hydrogens is 378 g/mol. The van der Waals surface area contributed by atoms with E-state index in [0.29, 0.717) is 27.4 Å². The molecule has 1 aromatic heterocycles. The number of ether oxygens (including phenoxy) is 3. The highest BCUT2D eigenvalue weighted by molar-refractivity contribution is 8.01. The molecule has 1 heterocycles. The molecular formula is C16H19N3O5S2. The van der Waals surface area contributed by atoms with Crippen LogP contribution in [0.4, 0.5) is 5.13 Å². The third-order valence-electron chi connectivity index (χ3n) is 3.18. The van der Waals surface area contributed by atoms with Gasteiger partial charge < -0.3 is 14.2 Å². The lowest BCUT2D eigenvalue weighted by Gasteiger charge is -2.17. The van der Waals surface area contributed by atoms with Crippen molar-refractivity contribution in [2.45, 2.75) is 23.8 Å². The lowest BCUT2D eigenvalue weighted by atomic mass is 10.2. The van der Waals surface area contributed by atoms with Crippen molar-refractivity contribution in [3.8, 4) is 11.5 Å². The summed E-state index contributed by atoms with van der Waals surface area (Å²) in [6, 6.07) is 7.12. The van der Waals surface area contributed by atoms with E-state index in [1.807, 2.05) is 13.0 Å². The summed E-state index contributed by atoms with van der Waals surface area (Å²) in [4.78, 5) is 23.6. The number of carbonyl (C=O) groups is 2. The second kappa shape index (κ2) is 9.97. The molecule has 0 saturated carbocycles. The fraction of sp³-hybridized carbons (Fsp3) is 0.375. The molecule has 0 saturated heterocycles. The van der Waals surface area contributed by atoms with Crippen molar-refractivity contribution in [2.24, 2.45) is 0 Å². The number of thioether (sulfide) groups is 1. The Bertz CT molecular complexity index is 753. The van der Waals surface area contributed by atoms with Gasteiger partial charge in [-0.2, -0.15) is 0 Å². The monoisotopic (exact) mass is 397 g/mol. The second-order valence-electron chi connectivity index (χ2n) is 4.89. The van der Waals surface area contributed by atoms with Crippen LogP contribution in [0.1, 0.15) is 13.3 Å². The van der Waals surface area contributed by atoms with E-state index in [2.05, 4.69) is 20.3 Å². The SMILES string of the molecule is CC[C@@H](Oc1ccccc1OC)C(=O)Nc1nnc(SCC(=O)OC)s1. The minimum Gasteiger partial charge on any atom is -0.493 e. The van der Waals surface area contributed by atoms with E-state index in [-0.39, 0.29) is 17.6 Å². The van der Waals surface area contributed by atoms with Crippen LogP contribution in [0.15, 0.2) is 28.6 Å². The molecule has 10 heteroatoms. The first-order valence-electron chi connectivity index (χ1n) is 7.71. The van der Waals surface area contributed by atoms with Gasteiger partial charge in [0.25, 0.3) is 5.91 Å². The molecule has 8 nitrogen and oxygen atoms in total. The molecule has 1 atom stereocenters. The zero-order chi connectivity index (χ0) is 18.9. The Morgan fingerprint density at radius 3 is 2.62 bits per heavy atom. The quantitative estimate of drug-likeness (QED) is 0.392. The lowest BCUT2D eigenvalue weighted by molar-refractivity contribution is -0.137. The molecule has 26 heavy (non-hydrogen) atoms. The summed E-state index contributed by atoms with van der Waals surface area (Å²) in [5.74, 6) is 0.485. The van der Waals surface area contributed by atoms with Crippen molar-refractivity contribution in [3.05, 3.63) is 24.3 Å². The molecule has 0 aliphatic rings. The van der Waals surface area contributed by atoms with Gasteiger partial charge in [0.15, 0.2) is 21.9 Å². The first-order valence-corrected chi connectivity index (χ1v) is 9.51. The minimum atomic E-state index is -0.707. The molecule has 2 aromatic rings. The van der Waals surface area contributed by atoms with Gasteiger partial charge in [-0.25, -0.2) is 0 Å². The van der Waals surface area contributed by atoms with Gasteiger partial charge in [-0.3, -0.25) is 14.9 Å². The number of nitrogens with one attached hydrogen (secondary N) is 1. The third kappa shape index (κ3) is 5.60. The number of hydrogen-bond donors (Lipinski definition) is 1. The second-order valence-corrected chi connectivity index (χ2v) is 7.09. The normalized spacial score (nSPS) is 11.5. The van der Waals surface area contributed by atoms with E-state index in [1.54, 1.807) is 18.2 Å². The highest BCUT2D eigenvalue weighted by atomic mass is 32.2. The van der Waals surface area contributed by atoms with Gasteiger partial charge >= 0.3 is 5.97 Å². The van der Waals surface area contributed by atoms with E-state index < -0.39 is 6.10 Å². The summed E-state index contributed by atoms with van der Waals surface area (Å²) < 4.78 is 16.1. The Kier molecular flexibility index (Phi) is 7.67. The number of esters is 1. The molecule has 140 valence electrons. The topological polar surface area (TPSA) is 99.6 Å². The predicted molar refractivity (Wildman–Crippen MR) is 99.0 cm³/mol. The number of amides is 1. The number of nitrogens with zero attached hydrogens (tertiary/aromatic N) is 2. The van der Waals surface area contributed by atoms with Crippen LogP contribution in [-0.2, 0) is 14.3 Å². The van der Waals surface area contributed by atoms with Gasteiger partial charge in [-0.05, 0) is 18.6 Å². The van der Waals surface area contributed by atoms with Crippen molar-refractivity contribution in [3.63, 3.8) is 0 Å². The molecule has 2 rings (SSSR count). The first-order chi connectivity index (χ1) is 12.6. The largest absolute Gasteiger partial charge is 0.493 e. The highest BCUT2D eigenvalue weighted by Gasteiger charge is 2.21. The Balaban J connectivity index is 1.96. The molecule has 1 amide bonds. The number of para-hydroxylation sites is 2. The molecule has 1 aromatic carbocycles. The van der Waals surface area contributed by atoms with Gasteiger partial charge in [0.05, 0.1) is 20.0 Å². The average Bonchev–Trinajstić information content (AvgIpc) is 3.11. The number of methoxy groups -OCH3 is 2. The standard InChI is InChI=1S/C16H19N3O5S2/c1-4-10(24-12-8-6-5-7-11(12)22-2)14(21)17-15-18-19-16(26-15)25-9-13(20)23-3/h5-8,10H,4,9H2,1-3H3,(H,17,18,21)/t10-/m1/s1. The Morgan fingerprint density at radius 1 is 1.23 bits per heavy atom. The third-order valence-corrected chi connectivity index (χ3v) is 5.12. The number of aromatic nitrogens is 2. The summed E-state index contributed by atoms with van der Waals surface area (Å²) in [6.07, 6.45) is -0.242. The van der Waals surface area contributed by atoms with Gasteiger partial charge in [0, 0.05) is 0 Å². The van der Waals surface area contributed by atoms with Crippen molar-refractivity contribution in [1.82, 2.24) is 10.2 Å². The van der Waals surface area contributed by atoms with E-state index in [1.165, 1.54) is 37.3 Å². The van der Waals surface area contributed by atoms with E-state index in [9.17, 15) is 9.59 Å². The Morgan fingerprint density at radius 2 is 1.96 bits per heavy atom. The summed E-state index contributed by atoms with van der Waals surface area (Å²) in [5, 5.41) is 10.8. The van der Waals surface area contributed by atoms with Crippen molar-refractivity contribution in [1.29, 1.82) is 0 Å². The maximum Gasteiger partial charge on any atom is 0.316 e. The Hall–Kier alpha value is -2.33. The molecule has 0 aliphatic carbocycles. The van der Waals surface area contributed by atoms with Gasteiger partial charge in [-0.1, -0.05) is 42.2 Å². The van der Waals surface area contributed by atoms with Gasteiger partial charge in [0.1, 0.15) is 0 Å². The van der Waals surface area contributed by atoms with Gasteiger partial charge in [0.2, 0.25) is 5.13 Å². The summed E-state index contributed by atoms with van der Waals surface area (Å²) in [7, 11) is 2.86. The van der Waals surface area contributed by atoms with Gasteiger partial charge in [-0.15, -0.1) is 10.2 Å². The average molecular weight is 397 g/mol. The van der Waals surface area contributed by atoms with Crippen molar-refractivity contribution < 1.29 is 23.8 Å². The molecule has 0 bridgehead atoms. The number of hydrogen-bond acceptors (Lipinski definition) is 9. The van der Waals surface area contributed by atoms with Crippen LogP contribution in [-0.4, -0.2) is 48.2 Å². The smallest absolute Gasteiger partial charge is 0.316 e. The van der Waals surface area contributed by atoms with Crippen LogP contribution >= 0.6 is 23.1 Å². The molecule has 0 unspecified atom stereocenters. The molecule has 0 aliphatic heterocycles. The number of rotatable bonds is 9. The van der Waals surface area contributed by atoms with Crippen LogP contribution in [0.3, 0.4) is 0 Å². The highest BCUT2D eigenvalue weighted by Crippen LogP contribution is 2.28. The van der Waals surface area contributed by atoms with Crippen LogP contribution in [0.5, 0.6) is 11.5 Å². The summed E-state index contributed by atoms with van der Waals surface area (Å²) >= 11 is 2.37. The molecule has 0 radical (unpaired) electrons. The van der Waals surface area contributed by atoms with Crippen LogP contribution in [0, 0.1) is 0 Å². The predicted octanol–water partition coefficient (Wildman–Crippen LogP) is 2.61. The summed E-state index contributed by atoms with van der Waals surface area (Å²) in [6.45, 7) is 1.84. The number of anilines is 1. The molecule has 0 spiro atoms. The van der Waals surface area contributed by atoms with Crippen LogP contribution in [0.25, 0.3) is 0 Å². The van der Waals surface area contributed by atoms with E-state index >= 15 is 0 Å². The molecule has 0 fully saturated rings. The van der Waals surface area contributed by atoms with E-state index in [0.717, 1.165) is 0 Å². The first kappa shape index (κ1) is 20.0. The maximum absolute atomic E-state index is 12.5. The van der Waals surface area contributed by atoms with Crippen molar-refractivity contribution in [2.75, 3.05) is 25.3 Å². The van der Waals surface area contributed by atoms with E-state index in [4.69, 9.17) is 9.47 Å². The number of benzene rings is 1.